The third-order valence-electron chi connectivity index (χ3n) is 0.750. The number of carbonyl (C=O) groups is 2. The monoisotopic (exact) mass is 131 g/mol. The van der Waals surface area contributed by atoms with E-state index in [4.69, 9.17) is 0 Å². The summed E-state index contributed by atoms with van der Waals surface area (Å²) >= 11 is 0. The highest BCUT2D eigenvalue weighted by atomic mass is 16.5. The van der Waals surface area contributed by atoms with Crippen molar-refractivity contribution < 1.29 is 14.3 Å². The normalized spacial score (nSPS) is 8.67. The Morgan fingerprint density at radius 2 is 2.11 bits per heavy atom. The van der Waals surface area contributed by atoms with E-state index in [2.05, 4.69) is 10.1 Å². The zero-order valence-corrected chi connectivity index (χ0v) is 5.43. The number of carbonyl (C=O) groups excluding carboxylic acids is 2. The molecule has 9 heavy (non-hydrogen) atoms. The SMILES string of the molecule is CNCC(=O)C(=O)OC. The van der Waals surface area contributed by atoms with Crippen LogP contribution in [0.3, 0.4) is 0 Å². The Hall–Kier alpha value is -0.900. The van der Waals surface area contributed by atoms with Crippen LogP contribution in [-0.2, 0) is 14.3 Å². The second-order valence-corrected chi connectivity index (χ2v) is 1.45. The number of likely N-dealkylation sites (N-methyl/N-ethyl adjacent to an activating group) is 1. The van der Waals surface area contributed by atoms with Crippen LogP contribution in [0.1, 0.15) is 0 Å². The predicted octanol–water partition coefficient (Wildman–Crippen LogP) is -1.05. The minimum atomic E-state index is -0.802. The van der Waals surface area contributed by atoms with Crippen LogP contribution in [0.25, 0.3) is 0 Å². The number of rotatable bonds is 3. The van der Waals surface area contributed by atoms with E-state index >= 15 is 0 Å². The van der Waals surface area contributed by atoms with Gasteiger partial charge >= 0.3 is 5.97 Å². The van der Waals surface area contributed by atoms with Crippen LogP contribution in [0.5, 0.6) is 0 Å². The summed E-state index contributed by atoms with van der Waals surface area (Å²) in [7, 11) is 2.76. The van der Waals surface area contributed by atoms with Gasteiger partial charge < -0.3 is 10.1 Å². The molecular weight excluding hydrogens is 122 g/mol. The van der Waals surface area contributed by atoms with Gasteiger partial charge in [0.15, 0.2) is 0 Å². The number of ether oxygens (including phenoxy) is 1. The molecule has 1 N–H and O–H groups in total. The van der Waals surface area contributed by atoms with Crippen LogP contribution in [0, 0.1) is 0 Å². The zero-order chi connectivity index (χ0) is 7.28. The average molecular weight is 131 g/mol. The lowest BCUT2D eigenvalue weighted by Crippen LogP contribution is -2.26. The second-order valence-electron chi connectivity index (χ2n) is 1.45. The van der Waals surface area contributed by atoms with Crippen LogP contribution in [-0.4, -0.2) is 32.5 Å². The van der Waals surface area contributed by atoms with Gasteiger partial charge in [0.25, 0.3) is 5.78 Å². The molecule has 0 amide bonds. The first-order valence-electron chi connectivity index (χ1n) is 2.48. The van der Waals surface area contributed by atoms with Crippen molar-refractivity contribution in [3.63, 3.8) is 0 Å². The van der Waals surface area contributed by atoms with Crippen molar-refractivity contribution in [3.05, 3.63) is 0 Å². The van der Waals surface area contributed by atoms with E-state index < -0.39 is 11.8 Å². The fraction of sp³-hybridized carbons (Fsp3) is 0.600. The summed E-state index contributed by atoms with van der Waals surface area (Å²) in [5.74, 6) is -1.36. The van der Waals surface area contributed by atoms with Crippen LogP contribution in [0.2, 0.25) is 0 Å². The molecule has 4 heteroatoms. The summed E-state index contributed by atoms with van der Waals surface area (Å²) in [6.45, 7) is 0.0344. The molecule has 0 saturated carbocycles. The Morgan fingerprint density at radius 1 is 1.56 bits per heavy atom. The number of hydrogen-bond donors (Lipinski definition) is 1. The number of esters is 1. The highest BCUT2D eigenvalue weighted by Gasteiger charge is 2.10. The summed E-state index contributed by atoms with van der Waals surface area (Å²) < 4.78 is 4.14. The number of methoxy groups -OCH3 is 1. The summed E-state index contributed by atoms with van der Waals surface area (Å²) in [5, 5.41) is 2.53. The van der Waals surface area contributed by atoms with Crippen molar-refractivity contribution in [2.75, 3.05) is 20.7 Å². The number of Topliss-reactive ketones (excluding diaryl/α,β-unsaturated/α-hetero) is 1. The van der Waals surface area contributed by atoms with Gasteiger partial charge in [-0.25, -0.2) is 4.79 Å². The fourth-order valence-corrected chi connectivity index (χ4v) is 0.347. The van der Waals surface area contributed by atoms with Gasteiger partial charge in [-0.1, -0.05) is 0 Å². The zero-order valence-electron chi connectivity index (χ0n) is 5.43. The Balaban J connectivity index is 3.60. The van der Waals surface area contributed by atoms with Crippen LogP contribution < -0.4 is 5.32 Å². The van der Waals surface area contributed by atoms with Gasteiger partial charge in [-0.05, 0) is 7.05 Å². The molecule has 0 aromatic heterocycles. The molecule has 52 valence electrons. The minimum Gasteiger partial charge on any atom is -0.463 e. The molecule has 0 aromatic rings. The summed E-state index contributed by atoms with van der Waals surface area (Å²) in [6.07, 6.45) is 0. The molecule has 0 aliphatic carbocycles. The third kappa shape index (κ3) is 2.81. The van der Waals surface area contributed by atoms with Gasteiger partial charge in [0.2, 0.25) is 0 Å². The maximum atomic E-state index is 10.4. The molecule has 4 nitrogen and oxygen atoms in total. The topological polar surface area (TPSA) is 55.4 Å². The summed E-state index contributed by atoms with van der Waals surface area (Å²) in [4.78, 5) is 20.7. The molecule has 0 heterocycles. The molecule has 0 fully saturated rings. The van der Waals surface area contributed by atoms with Crippen molar-refractivity contribution >= 4 is 11.8 Å². The molecule has 0 spiro atoms. The van der Waals surface area contributed by atoms with E-state index in [1.165, 1.54) is 7.11 Å². The molecule has 0 saturated heterocycles. The predicted molar refractivity (Wildman–Crippen MR) is 30.9 cm³/mol. The third-order valence-corrected chi connectivity index (χ3v) is 0.750. The van der Waals surface area contributed by atoms with Crippen molar-refractivity contribution in [1.29, 1.82) is 0 Å². The number of nitrogens with one attached hydrogen (secondary N) is 1. The van der Waals surface area contributed by atoms with Crippen molar-refractivity contribution in [1.82, 2.24) is 5.32 Å². The quantitative estimate of drug-likeness (QED) is 0.392. The largest absolute Gasteiger partial charge is 0.463 e. The lowest BCUT2D eigenvalue weighted by molar-refractivity contribution is -0.151. The maximum Gasteiger partial charge on any atom is 0.375 e. The Labute approximate surface area is 53.2 Å². The Kier molecular flexibility index (Phi) is 3.62. The van der Waals surface area contributed by atoms with Gasteiger partial charge in [-0.15, -0.1) is 0 Å². The number of hydrogen-bond acceptors (Lipinski definition) is 4. The molecule has 0 rings (SSSR count). The molecule has 0 bridgehead atoms. The summed E-state index contributed by atoms with van der Waals surface area (Å²) in [6, 6.07) is 0. The first-order valence-corrected chi connectivity index (χ1v) is 2.48. The standard InChI is InChI=1S/C5H9NO3/c1-6-3-4(7)5(8)9-2/h6H,3H2,1-2H3. The van der Waals surface area contributed by atoms with Crippen molar-refractivity contribution in [2.24, 2.45) is 0 Å². The molecule has 0 radical (unpaired) electrons. The van der Waals surface area contributed by atoms with Gasteiger partial charge in [0, 0.05) is 0 Å². The van der Waals surface area contributed by atoms with E-state index in [1.807, 2.05) is 0 Å². The Bertz CT molecular complexity index is 121. The van der Waals surface area contributed by atoms with E-state index in [1.54, 1.807) is 7.05 Å². The van der Waals surface area contributed by atoms with Crippen LogP contribution in [0.15, 0.2) is 0 Å². The molecule has 0 unspecified atom stereocenters. The minimum absolute atomic E-state index is 0.0344. The van der Waals surface area contributed by atoms with Crippen molar-refractivity contribution in [2.45, 2.75) is 0 Å². The van der Waals surface area contributed by atoms with Crippen LogP contribution in [0.4, 0.5) is 0 Å². The van der Waals surface area contributed by atoms with E-state index in [0.29, 0.717) is 0 Å². The Morgan fingerprint density at radius 3 is 2.44 bits per heavy atom. The highest BCUT2D eigenvalue weighted by molar-refractivity contribution is 6.34. The first kappa shape index (κ1) is 8.10. The summed E-state index contributed by atoms with van der Waals surface area (Å²) in [5.41, 5.74) is 0. The lowest BCUT2D eigenvalue weighted by Gasteiger charge is -1.94. The molecule has 0 atom stereocenters. The molecule has 0 aliphatic heterocycles. The lowest BCUT2D eigenvalue weighted by atomic mass is 10.4. The van der Waals surface area contributed by atoms with E-state index in [0.717, 1.165) is 0 Å². The fourth-order valence-electron chi connectivity index (χ4n) is 0.347. The second kappa shape index (κ2) is 4.03. The van der Waals surface area contributed by atoms with Crippen molar-refractivity contribution in [3.8, 4) is 0 Å². The maximum absolute atomic E-state index is 10.4. The van der Waals surface area contributed by atoms with Gasteiger partial charge in [0.05, 0.1) is 13.7 Å². The van der Waals surface area contributed by atoms with Gasteiger partial charge in [0.1, 0.15) is 0 Å². The van der Waals surface area contributed by atoms with E-state index in [-0.39, 0.29) is 6.54 Å². The highest BCUT2D eigenvalue weighted by Crippen LogP contribution is 1.74. The first-order chi connectivity index (χ1) is 4.22. The van der Waals surface area contributed by atoms with Gasteiger partial charge in [-0.2, -0.15) is 0 Å². The van der Waals surface area contributed by atoms with Gasteiger partial charge in [-0.3, -0.25) is 4.79 Å². The average Bonchev–Trinajstić information content (AvgIpc) is 1.87. The molecule has 0 aliphatic rings. The molecule has 0 aromatic carbocycles. The van der Waals surface area contributed by atoms with E-state index in [9.17, 15) is 9.59 Å². The number of ketones is 1. The molecular formula is C5H9NO3. The van der Waals surface area contributed by atoms with Crippen LogP contribution >= 0.6 is 0 Å². The smallest absolute Gasteiger partial charge is 0.375 e.